The summed E-state index contributed by atoms with van der Waals surface area (Å²) in [6.07, 6.45) is 1.61. The summed E-state index contributed by atoms with van der Waals surface area (Å²) in [6, 6.07) is 30.6. The van der Waals surface area contributed by atoms with E-state index in [1.54, 1.807) is 6.20 Å². The molecule has 5 nitrogen and oxygen atoms in total. The van der Waals surface area contributed by atoms with E-state index >= 15 is 0 Å². The number of fused-ring (bicyclic) bond motifs is 1. The zero-order valence-corrected chi connectivity index (χ0v) is 19.2. The van der Waals surface area contributed by atoms with Gasteiger partial charge in [0.05, 0.1) is 17.7 Å². The van der Waals surface area contributed by atoms with Crippen LogP contribution in [0.25, 0.3) is 10.9 Å². The van der Waals surface area contributed by atoms with E-state index in [-0.39, 0.29) is 12.0 Å². The summed E-state index contributed by atoms with van der Waals surface area (Å²) in [7, 11) is 0. The zero-order valence-electron chi connectivity index (χ0n) is 19.2. The summed E-state index contributed by atoms with van der Waals surface area (Å²) in [6.45, 7) is 4.60. The lowest BCUT2D eigenvalue weighted by Crippen LogP contribution is -2.49. The molecule has 1 aliphatic heterocycles. The van der Waals surface area contributed by atoms with E-state index in [1.165, 1.54) is 0 Å². The number of ether oxygens (including phenoxy) is 1. The molecular formula is C29H29N3O2. The Balaban J connectivity index is 1.15. The second-order valence-corrected chi connectivity index (χ2v) is 8.62. The number of nitrogens with zero attached hydrogens (tertiary/aromatic N) is 3. The summed E-state index contributed by atoms with van der Waals surface area (Å²) < 4.78 is 6.37. The Morgan fingerprint density at radius 1 is 0.824 bits per heavy atom. The molecule has 5 rings (SSSR count). The normalized spacial score (nSPS) is 14.6. The predicted octanol–water partition coefficient (Wildman–Crippen LogP) is 4.80. The first-order valence-corrected chi connectivity index (χ1v) is 11.9. The molecule has 5 heteroatoms. The second-order valence-electron chi connectivity index (χ2n) is 8.62. The smallest absolute Gasteiger partial charge is 0.255 e. The Bertz CT molecular complexity index is 1180. The number of pyridine rings is 1. The van der Waals surface area contributed by atoms with Crippen molar-refractivity contribution in [2.45, 2.75) is 6.10 Å². The molecule has 1 aliphatic rings. The predicted molar refractivity (Wildman–Crippen MR) is 135 cm³/mol. The lowest BCUT2D eigenvalue weighted by atomic mass is 10.0. The van der Waals surface area contributed by atoms with Crippen LogP contribution in [0, 0.1) is 0 Å². The highest BCUT2D eigenvalue weighted by molar-refractivity contribution is 5.97. The minimum atomic E-state index is -0.0781. The lowest BCUT2D eigenvalue weighted by molar-refractivity contribution is 0.0408. The van der Waals surface area contributed by atoms with Gasteiger partial charge in [-0.15, -0.1) is 0 Å². The number of hydrogen-bond acceptors (Lipinski definition) is 4. The van der Waals surface area contributed by atoms with Crippen LogP contribution in [0.1, 0.15) is 27.6 Å². The molecule has 1 amide bonds. The molecule has 0 unspecified atom stereocenters. The zero-order chi connectivity index (χ0) is 23.2. The van der Waals surface area contributed by atoms with E-state index in [0.717, 1.165) is 41.7 Å². The summed E-state index contributed by atoms with van der Waals surface area (Å²) >= 11 is 0. The Kier molecular flexibility index (Phi) is 6.94. The Labute approximate surface area is 200 Å². The van der Waals surface area contributed by atoms with Crippen LogP contribution in [-0.4, -0.2) is 60.0 Å². The van der Waals surface area contributed by atoms with E-state index in [2.05, 4.69) is 58.4 Å². The van der Waals surface area contributed by atoms with Crippen LogP contribution in [0.4, 0.5) is 0 Å². The lowest BCUT2D eigenvalue weighted by Gasteiger charge is -2.35. The van der Waals surface area contributed by atoms with Crippen molar-refractivity contribution < 1.29 is 9.53 Å². The molecule has 0 N–H and O–H groups in total. The first-order chi connectivity index (χ1) is 16.8. The van der Waals surface area contributed by atoms with Crippen molar-refractivity contribution in [3.05, 3.63) is 114 Å². The van der Waals surface area contributed by atoms with E-state index in [0.29, 0.717) is 25.3 Å². The fourth-order valence-electron chi connectivity index (χ4n) is 4.49. The van der Waals surface area contributed by atoms with Crippen LogP contribution in [0.5, 0.6) is 0 Å². The van der Waals surface area contributed by atoms with Crippen LogP contribution < -0.4 is 0 Å². The topological polar surface area (TPSA) is 45.7 Å². The third kappa shape index (κ3) is 5.16. The number of aromatic nitrogens is 1. The summed E-state index contributed by atoms with van der Waals surface area (Å²) in [5.41, 5.74) is 3.89. The van der Waals surface area contributed by atoms with Crippen molar-refractivity contribution in [2.24, 2.45) is 0 Å². The molecule has 4 aromatic rings. The molecular weight excluding hydrogens is 422 g/mol. The Morgan fingerprint density at radius 2 is 1.44 bits per heavy atom. The molecule has 0 bridgehead atoms. The third-order valence-electron chi connectivity index (χ3n) is 6.39. The maximum absolute atomic E-state index is 13.0. The quantitative estimate of drug-likeness (QED) is 0.405. The third-order valence-corrected chi connectivity index (χ3v) is 6.39. The maximum Gasteiger partial charge on any atom is 0.255 e. The van der Waals surface area contributed by atoms with Gasteiger partial charge in [-0.2, -0.15) is 0 Å². The SMILES string of the molecule is O=C(c1cnc2ccccc2c1)N1CCN(CCOC(c2ccccc2)c2ccccc2)CC1. The van der Waals surface area contributed by atoms with Crippen molar-refractivity contribution in [1.82, 2.24) is 14.8 Å². The maximum atomic E-state index is 13.0. The number of piperazine rings is 1. The minimum absolute atomic E-state index is 0.0578. The van der Waals surface area contributed by atoms with Gasteiger partial charge in [0.1, 0.15) is 6.10 Å². The Morgan fingerprint density at radius 3 is 2.12 bits per heavy atom. The average molecular weight is 452 g/mol. The van der Waals surface area contributed by atoms with E-state index < -0.39 is 0 Å². The fourth-order valence-corrected chi connectivity index (χ4v) is 4.49. The monoisotopic (exact) mass is 451 g/mol. The Hall–Kier alpha value is -3.54. The molecule has 0 atom stereocenters. The molecule has 172 valence electrons. The summed E-state index contributed by atoms with van der Waals surface area (Å²) in [4.78, 5) is 21.8. The largest absolute Gasteiger partial charge is 0.367 e. The number of benzene rings is 3. The first-order valence-electron chi connectivity index (χ1n) is 11.9. The van der Waals surface area contributed by atoms with Gasteiger partial charge < -0.3 is 9.64 Å². The van der Waals surface area contributed by atoms with Crippen molar-refractivity contribution in [3.8, 4) is 0 Å². The number of hydrogen-bond donors (Lipinski definition) is 0. The number of carbonyl (C=O) groups is 1. The highest BCUT2D eigenvalue weighted by Gasteiger charge is 2.23. The van der Waals surface area contributed by atoms with E-state index in [9.17, 15) is 4.79 Å². The summed E-state index contributed by atoms with van der Waals surface area (Å²) in [5.74, 6) is 0.0578. The van der Waals surface area contributed by atoms with Crippen LogP contribution in [0.3, 0.4) is 0 Å². The van der Waals surface area contributed by atoms with Crippen LogP contribution in [0.2, 0.25) is 0 Å². The van der Waals surface area contributed by atoms with Crippen LogP contribution in [-0.2, 0) is 4.74 Å². The standard InChI is InChI=1S/C29H29N3O2/c33-29(26-21-25-13-7-8-14-27(25)30-22-26)32-17-15-31(16-18-32)19-20-34-28(23-9-3-1-4-10-23)24-11-5-2-6-12-24/h1-14,21-22,28H,15-20H2. The van der Waals surface area contributed by atoms with Gasteiger partial charge >= 0.3 is 0 Å². The molecule has 0 radical (unpaired) electrons. The second kappa shape index (κ2) is 10.6. The molecule has 1 saturated heterocycles. The average Bonchev–Trinajstić information content (AvgIpc) is 2.92. The van der Waals surface area contributed by atoms with Gasteiger partial charge in [0, 0.05) is 44.3 Å². The van der Waals surface area contributed by atoms with Gasteiger partial charge in [-0.25, -0.2) is 0 Å². The van der Waals surface area contributed by atoms with Crippen molar-refractivity contribution in [1.29, 1.82) is 0 Å². The molecule has 0 aliphatic carbocycles. The van der Waals surface area contributed by atoms with Crippen molar-refractivity contribution >= 4 is 16.8 Å². The molecule has 1 aromatic heterocycles. The van der Waals surface area contributed by atoms with Crippen molar-refractivity contribution in [2.75, 3.05) is 39.3 Å². The number of amides is 1. The highest BCUT2D eigenvalue weighted by Crippen LogP contribution is 2.25. The number of carbonyl (C=O) groups excluding carboxylic acids is 1. The summed E-state index contributed by atoms with van der Waals surface area (Å²) in [5, 5.41) is 0.996. The van der Waals surface area contributed by atoms with E-state index in [4.69, 9.17) is 4.74 Å². The first kappa shape index (κ1) is 22.3. The van der Waals surface area contributed by atoms with Gasteiger partial charge in [0.15, 0.2) is 0 Å². The molecule has 0 spiro atoms. The molecule has 34 heavy (non-hydrogen) atoms. The van der Waals surface area contributed by atoms with Crippen LogP contribution in [0.15, 0.2) is 97.2 Å². The number of para-hydroxylation sites is 1. The van der Waals surface area contributed by atoms with Gasteiger partial charge in [0.2, 0.25) is 0 Å². The highest BCUT2D eigenvalue weighted by atomic mass is 16.5. The fraction of sp³-hybridized carbons (Fsp3) is 0.241. The van der Waals surface area contributed by atoms with Gasteiger partial charge in [-0.05, 0) is 23.3 Å². The van der Waals surface area contributed by atoms with Gasteiger partial charge in [0.25, 0.3) is 5.91 Å². The molecule has 1 fully saturated rings. The van der Waals surface area contributed by atoms with Gasteiger partial charge in [-0.3, -0.25) is 14.7 Å². The van der Waals surface area contributed by atoms with Crippen molar-refractivity contribution in [3.63, 3.8) is 0 Å². The minimum Gasteiger partial charge on any atom is -0.367 e. The molecule has 2 heterocycles. The molecule has 0 saturated carbocycles. The van der Waals surface area contributed by atoms with E-state index in [1.807, 2.05) is 47.4 Å². The van der Waals surface area contributed by atoms with Crippen LogP contribution >= 0.6 is 0 Å². The van der Waals surface area contributed by atoms with Gasteiger partial charge in [-0.1, -0.05) is 78.9 Å². The molecule has 3 aromatic carbocycles. The number of rotatable bonds is 7.